The number of piperidine rings is 1. The molecule has 1 aliphatic heterocycles. The van der Waals surface area contributed by atoms with Crippen LogP contribution in [0.1, 0.15) is 46.5 Å². The number of carboxylic acid groups (broad SMARTS) is 1. The maximum absolute atomic E-state index is 12.4. The highest BCUT2D eigenvalue weighted by Crippen LogP contribution is 2.59. The molecule has 2 aliphatic rings. The summed E-state index contributed by atoms with van der Waals surface area (Å²) in [7, 11) is 0. The van der Waals surface area contributed by atoms with E-state index in [9.17, 15) is 9.59 Å². The lowest BCUT2D eigenvalue weighted by atomic mass is 9.92. The lowest BCUT2D eigenvalue weighted by molar-refractivity contribution is -0.142. The minimum absolute atomic E-state index is 0.0624. The smallest absolute Gasteiger partial charge is 0.307 e. The van der Waals surface area contributed by atoms with Gasteiger partial charge in [-0.3, -0.25) is 9.59 Å². The number of carbonyl (C=O) groups is 2. The number of carboxylic acids is 1. The molecule has 1 heterocycles. The molecule has 2 fully saturated rings. The maximum Gasteiger partial charge on any atom is 0.307 e. The summed E-state index contributed by atoms with van der Waals surface area (Å²) in [4.78, 5) is 25.4. The molecular formula is C15H25NO3. The third-order valence-electron chi connectivity index (χ3n) is 4.98. The van der Waals surface area contributed by atoms with Crippen molar-refractivity contribution in [2.45, 2.75) is 46.5 Å². The summed E-state index contributed by atoms with van der Waals surface area (Å²) in [6, 6.07) is 0. The number of aliphatic carboxylic acids is 1. The zero-order valence-corrected chi connectivity index (χ0v) is 12.2. The van der Waals surface area contributed by atoms with Gasteiger partial charge in [-0.1, -0.05) is 33.6 Å². The Labute approximate surface area is 115 Å². The normalized spacial score (nSPS) is 30.2. The second-order valence-corrected chi connectivity index (χ2v) is 6.67. The second-order valence-electron chi connectivity index (χ2n) is 6.67. The van der Waals surface area contributed by atoms with Gasteiger partial charge in [-0.05, 0) is 24.2 Å². The Kier molecular flexibility index (Phi) is 3.88. The summed E-state index contributed by atoms with van der Waals surface area (Å²) >= 11 is 0. The molecule has 0 aromatic heterocycles. The molecule has 4 nitrogen and oxygen atoms in total. The first-order chi connectivity index (χ1) is 8.89. The SMILES string of the molecule is CCCC1CCN(C(=O)C2C(C(=O)O)C2(C)C)CC1. The van der Waals surface area contributed by atoms with Crippen molar-refractivity contribution in [3.05, 3.63) is 0 Å². The van der Waals surface area contributed by atoms with E-state index in [-0.39, 0.29) is 17.2 Å². The summed E-state index contributed by atoms with van der Waals surface area (Å²) in [5.41, 5.74) is -0.372. The van der Waals surface area contributed by atoms with Crippen LogP contribution in [0.4, 0.5) is 0 Å². The highest BCUT2D eigenvalue weighted by atomic mass is 16.4. The molecule has 0 aromatic carbocycles. The first-order valence-electron chi connectivity index (χ1n) is 7.41. The molecule has 2 unspecified atom stereocenters. The summed E-state index contributed by atoms with van der Waals surface area (Å²) in [5, 5.41) is 9.15. The van der Waals surface area contributed by atoms with E-state index < -0.39 is 11.9 Å². The summed E-state index contributed by atoms with van der Waals surface area (Å²) in [5.74, 6) is -0.825. The van der Waals surface area contributed by atoms with Crippen LogP contribution in [0.15, 0.2) is 0 Å². The molecule has 19 heavy (non-hydrogen) atoms. The fraction of sp³-hybridized carbons (Fsp3) is 0.867. The third kappa shape index (κ3) is 2.63. The van der Waals surface area contributed by atoms with Gasteiger partial charge in [0.2, 0.25) is 5.91 Å². The number of carbonyl (C=O) groups excluding carboxylic acids is 1. The minimum Gasteiger partial charge on any atom is -0.481 e. The predicted molar refractivity (Wildman–Crippen MR) is 72.6 cm³/mol. The van der Waals surface area contributed by atoms with Gasteiger partial charge in [0, 0.05) is 13.1 Å². The molecule has 0 aromatic rings. The van der Waals surface area contributed by atoms with Crippen molar-refractivity contribution in [3.8, 4) is 0 Å². The van der Waals surface area contributed by atoms with Crippen LogP contribution in [0.5, 0.6) is 0 Å². The lowest BCUT2D eigenvalue weighted by Crippen LogP contribution is -2.40. The van der Waals surface area contributed by atoms with Gasteiger partial charge in [-0.2, -0.15) is 0 Å². The molecule has 2 rings (SSSR count). The van der Waals surface area contributed by atoms with Crippen LogP contribution in [0, 0.1) is 23.2 Å². The Bertz CT molecular complexity index is 370. The molecule has 4 heteroatoms. The highest BCUT2D eigenvalue weighted by Gasteiger charge is 2.66. The number of likely N-dealkylation sites (tertiary alicyclic amines) is 1. The van der Waals surface area contributed by atoms with E-state index in [4.69, 9.17) is 5.11 Å². The van der Waals surface area contributed by atoms with Crippen LogP contribution < -0.4 is 0 Å². The molecule has 1 saturated heterocycles. The van der Waals surface area contributed by atoms with Crippen LogP contribution in [-0.2, 0) is 9.59 Å². The predicted octanol–water partition coefficient (Wildman–Crippen LogP) is 2.38. The van der Waals surface area contributed by atoms with Gasteiger partial charge in [0.25, 0.3) is 0 Å². The number of nitrogens with zero attached hydrogens (tertiary/aromatic N) is 1. The van der Waals surface area contributed by atoms with E-state index in [0.717, 1.165) is 31.8 Å². The Morgan fingerprint density at radius 1 is 1.21 bits per heavy atom. The van der Waals surface area contributed by atoms with E-state index in [1.54, 1.807) is 0 Å². The lowest BCUT2D eigenvalue weighted by Gasteiger charge is -2.32. The fourth-order valence-corrected chi connectivity index (χ4v) is 3.61. The highest BCUT2D eigenvalue weighted by molar-refractivity contribution is 5.91. The van der Waals surface area contributed by atoms with Crippen LogP contribution in [0.3, 0.4) is 0 Å². The van der Waals surface area contributed by atoms with Crippen molar-refractivity contribution < 1.29 is 14.7 Å². The first-order valence-corrected chi connectivity index (χ1v) is 7.41. The van der Waals surface area contributed by atoms with Crippen LogP contribution in [-0.4, -0.2) is 35.0 Å². The average Bonchev–Trinajstić information content (AvgIpc) is 2.93. The van der Waals surface area contributed by atoms with Gasteiger partial charge in [0.15, 0.2) is 0 Å². The summed E-state index contributed by atoms with van der Waals surface area (Å²) < 4.78 is 0. The third-order valence-corrected chi connectivity index (χ3v) is 4.98. The van der Waals surface area contributed by atoms with Crippen molar-refractivity contribution in [3.63, 3.8) is 0 Å². The van der Waals surface area contributed by atoms with E-state index in [1.165, 1.54) is 12.8 Å². The Balaban J connectivity index is 1.91. The number of rotatable bonds is 4. The molecule has 0 bridgehead atoms. The van der Waals surface area contributed by atoms with E-state index in [1.807, 2.05) is 18.7 Å². The standard InChI is InChI=1S/C15H25NO3/c1-4-5-10-6-8-16(9-7-10)13(17)11-12(14(18)19)15(11,2)3/h10-12H,4-9H2,1-3H3,(H,18,19). The molecule has 1 aliphatic carbocycles. The molecule has 1 amide bonds. The van der Waals surface area contributed by atoms with Gasteiger partial charge in [-0.15, -0.1) is 0 Å². The fourth-order valence-electron chi connectivity index (χ4n) is 3.61. The van der Waals surface area contributed by atoms with E-state index in [2.05, 4.69) is 6.92 Å². The van der Waals surface area contributed by atoms with Gasteiger partial charge in [0.05, 0.1) is 11.8 Å². The Morgan fingerprint density at radius 3 is 2.21 bits per heavy atom. The van der Waals surface area contributed by atoms with Crippen molar-refractivity contribution in [2.75, 3.05) is 13.1 Å². The molecule has 0 radical (unpaired) electrons. The number of hydrogen-bond donors (Lipinski definition) is 1. The van der Waals surface area contributed by atoms with Crippen molar-refractivity contribution in [2.24, 2.45) is 23.2 Å². The van der Waals surface area contributed by atoms with Gasteiger partial charge in [-0.25, -0.2) is 0 Å². The first kappa shape index (κ1) is 14.4. The van der Waals surface area contributed by atoms with Crippen LogP contribution in [0.2, 0.25) is 0 Å². The van der Waals surface area contributed by atoms with Crippen LogP contribution in [0.25, 0.3) is 0 Å². The molecule has 108 valence electrons. The number of amides is 1. The largest absolute Gasteiger partial charge is 0.481 e. The molecule has 1 saturated carbocycles. The maximum atomic E-state index is 12.4. The van der Waals surface area contributed by atoms with E-state index >= 15 is 0 Å². The van der Waals surface area contributed by atoms with Gasteiger partial charge in [0.1, 0.15) is 0 Å². The monoisotopic (exact) mass is 267 g/mol. The average molecular weight is 267 g/mol. The summed E-state index contributed by atoms with van der Waals surface area (Å²) in [6.07, 6.45) is 4.60. The van der Waals surface area contributed by atoms with Gasteiger partial charge >= 0.3 is 5.97 Å². The van der Waals surface area contributed by atoms with Crippen molar-refractivity contribution in [1.29, 1.82) is 0 Å². The Morgan fingerprint density at radius 2 is 1.79 bits per heavy atom. The van der Waals surface area contributed by atoms with Crippen molar-refractivity contribution in [1.82, 2.24) is 4.90 Å². The Hall–Kier alpha value is -1.06. The quantitative estimate of drug-likeness (QED) is 0.850. The molecule has 0 spiro atoms. The van der Waals surface area contributed by atoms with Gasteiger partial charge < -0.3 is 10.0 Å². The molecule has 1 N–H and O–H groups in total. The van der Waals surface area contributed by atoms with E-state index in [0.29, 0.717) is 0 Å². The van der Waals surface area contributed by atoms with Crippen molar-refractivity contribution >= 4 is 11.9 Å². The minimum atomic E-state index is -0.829. The molecular weight excluding hydrogens is 242 g/mol. The molecule has 2 atom stereocenters. The van der Waals surface area contributed by atoms with Crippen LogP contribution >= 0.6 is 0 Å². The topological polar surface area (TPSA) is 57.6 Å². The zero-order chi connectivity index (χ0) is 14.2. The number of hydrogen-bond acceptors (Lipinski definition) is 2. The second kappa shape index (κ2) is 5.14. The zero-order valence-electron chi connectivity index (χ0n) is 12.2. The summed E-state index contributed by atoms with van der Waals surface area (Å²) in [6.45, 7) is 7.59.